The number of thiazole rings is 1. The van der Waals surface area contributed by atoms with Crippen molar-refractivity contribution in [2.75, 3.05) is 0 Å². The number of rotatable bonds is 0. The van der Waals surface area contributed by atoms with Gasteiger partial charge >= 0.3 is 4.96 Å². The highest BCUT2D eigenvalue weighted by atomic mass is 32.1. The summed E-state index contributed by atoms with van der Waals surface area (Å²) in [5.41, 5.74) is 5.45. The molecule has 0 unspecified atom stereocenters. The Labute approximate surface area is 114 Å². The fraction of sp³-hybridized carbons (Fsp3) is 0.0625. The van der Waals surface area contributed by atoms with E-state index >= 15 is 0 Å². The van der Waals surface area contributed by atoms with Crippen LogP contribution in [0.4, 0.5) is 0 Å². The van der Waals surface area contributed by atoms with Crippen molar-refractivity contribution in [3.05, 3.63) is 60.3 Å². The highest BCUT2D eigenvalue weighted by Crippen LogP contribution is 2.35. The molecule has 2 aromatic heterocycles. The summed E-state index contributed by atoms with van der Waals surface area (Å²) in [6, 6.07) is 17.3. The molecule has 0 N–H and O–H groups in total. The van der Waals surface area contributed by atoms with E-state index in [0.717, 1.165) is 6.54 Å². The molecule has 3 heterocycles. The van der Waals surface area contributed by atoms with Gasteiger partial charge in [0.25, 0.3) is 0 Å². The van der Waals surface area contributed by atoms with Gasteiger partial charge in [-0.25, -0.2) is 4.57 Å². The maximum atomic E-state index is 2.43. The Balaban J connectivity index is 1.93. The van der Waals surface area contributed by atoms with Crippen LogP contribution in [0.5, 0.6) is 0 Å². The van der Waals surface area contributed by atoms with E-state index in [1.54, 1.807) is 0 Å². The van der Waals surface area contributed by atoms with Crippen molar-refractivity contribution >= 4 is 26.5 Å². The summed E-state index contributed by atoms with van der Waals surface area (Å²) in [5, 5.41) is 0. The first-order valence-corrected chi connectivity index (χ1v) is 7.24. The summed E-state index contributed by atoms with van der Waals surface area (Å²) < 4.78 is 6.10. The van der Waals surface area contributed by atoms with Crippen LogP contribution < -0.4 is 4.40 Å². The number of fused-ring (bicyclic) bond motifs is 7. The Morgan fingerprint density at radius 1 is 1.00 bits per heavy atom. The van der Waals surface area contributed by atoms with Gasteiger partial charge in [0.2, 0.25) is 0 Å². The summed E-state index contributed by atoms with van der Waals surface area (Å²) in [6.45, 7) is 0.995. The van der Waals surface area contributed by atoms with Gasteiger partial charge in [-0.1, -0.05) is 36.4 Å². The van der Waals surface area contributed by atoms with E-state index in [4.69, 9.17) is 0 Å². The zero-order chi connectivity index (χ0) is 12.4. The summed E-state index contributed by atoms with van der Waals surface area (Å²) >= 11 is 1.87. The van der Waals surface area contributed by atoms with Crippen LogP contribution in [-0.2, 0) is 6.54 Å². The SMILES string of the molecule is c1ccc2c(c1)Cn1c-2c[n+]2c3ccccc3sc12. The molecule has 1 aliphatic heterocycles. The first-order chi connectivity index (χ1) is 9.42. The fourth-order valence-corrected chi connectivity index (χ4v) is 4.18. The van der Waals surface area contributed by atoms with Crippen molar-refractivity contribution in [3.63, 3.8) is 0 Å². The van der Waals surface area contributed by atoms with Crippen LogP contribution in [-0.4, -0.2) is 4.57 Å². The van der Waals surface area contributed by atoms with Crippen LogP contribution in [0.2, 0.25) is 0 Å². The third-order valence-electron chi connectivity index (χ3n) is 3.93. The Bertz CT molecular complexity index is 946. The largest absolute Gasteiger partial charge is 0.347 e. The Kier molecular flexibility index (Phi) is 1.67. The number of benzene rings is 2. The minimum Gasteiger partial charge on any atom is -0.209 e. The molecule has 3 heteroatoms. The highest BCUT2D eigenvalue weighted by Gasteiger charge is 2.30. The van der Waals surface area contributed by atoms with Gasteiger partial charge in [-0.3, -0.25) is 0 Å². The lowest BCUT2D eigenvalue weighted by Gasteiger charge is -1.92. The summed E-state index contributed by atoms with van der Waals surface area (Å²) in [4.78, 5) is 1.33. The maximum absolute atomic E-state index is 2.43. The minimum absolute atomic E-state index is 0.995. The van der Waals surface area contributed by atoms with E-state index in [0.29, 0.717) is 0 Å². The van der Waals surface area contributed by atoms with Gasteiger partial charge in [-0.15, -0.1) is 0 Å². The van der Waals surface area contributed by atoms with Crippen LogP contribution >= 0.6 is 11.3 Å². The number of nitrogens with zero attached hydrogens (tertiary/aromatic N) is 2. The monoisotopic (exact) mass is 263 g/mol. The zero-order valence-corrected chi connectivity index (χ0v) is 11.0. The molecule has 0 radical (unpaired) electrons. The zero-order valence-electron chi connectivity index (χ0n) is 10.2. The molecule has 0 aliphatic carbocycles. The van der Waals surface area contributed by atoms with Gasteiger partial charge in [-0.2, -0.15) is 4.40 Å². The number of aromatic nitrogens is 2. The molecule has 5 rings (SSSR count). The van der Waals surface area contributed by atoms with E-state index in [2.05, 4.69) is 63.7 Å². The normalized spacial score (nSPS) is 13.1. The van der Waals surface area contributed by atoms with Crippen molar-refractivity contribution in [2.24, 2.45) is 0 Å². The third-order valence-corrected chi connectivity index (χ3v) is 5.09. The molecule has 4 aromatic rings. The summed E-state index contributed by atoms with van der Waals surface area (Å²) in [7, 11) is 0. The second-order valence-corrected chi connectivity index (χ2v) is 5.99. The van der Waals surface area contributed by atoms with E-state index < -0.39 is 0 Å². The first kappa shape index (κ1) is 9.75. The Morgan fingerprint density at radius 2 is 1.84 bits per heavy atom. The fourth-order valence-electron chi connectivity index (χ4n) is 3.04. The molecule has 0 fully saturated rings. The second kappa shape index (κ2) is 3.25. The second-order valence-electron chi connectivity index (χ2n) is 4.98. The van der Waals surface area contributed by atoms with Crippen molar-refractivity contribution in [2.45, 2.75) is 6.54 Å². The third kappa shape index (κ3) is 1.13. The van der Waals surface area contributed by atoms with E-state index in [1.807, 2.05) is 11.3 Å². The number of hydrogen-bond donors (Lipinski definition) is 0. The molecule has 0 atom stereocenters. The molecule has 2 nitrogen and oxygen atoms in total. The average Bonchev–Trinajstić information content (AvgIpc) is 3.07. The quantitative estimate of drug-likeness (QED) is 0.378. The minimum atomic E-state index is 0.995. The van der Waals surface area contributed by atoms with Crippen LogP contribution in [0.25, 0.3) is 26.4 Å². The van der Waals surface area contributed by atoms with Crippen molar-refractivity contribution in [1.82, 2.24) is 4.57 Å². The molecule has 0 amide bonds. The van der Waals surface area contributed by atoms with Gasteiger partial charge in [0.15, 0.2) is 11.2 Å². The van der Waals surface area contributed by atoms with Gasteiger partial charge < -0.3 is 0 Å². The molecule has 90 valence electrons. The molecule has 0 bridgehead atoms. The van der Waals surface area contributed by atoms with Crippen LogP contribution in [0.15, 0.2) is 54.7 Å². The molecule has 2 aromatic carbocycles. The van der Waals surface area contributed by atoms with E-state index in [-0.39, 0.29) is 0 Å². The summed E-state index contributed by atoms with van der Waals surface area (Å²) in [5.74, 6) is 0. The smallest absolute Gasteiger partial charge is 0.209 e. The lowest BCUT2D eigenvalue weighted by Crippen LogP contribution is -2.16. The number of imidazole rings is 1. The van der Waals surface area contributed by atoms with Gasteiger partial charge in [0.05, 0.1) is 4.70 Å². The topological polar surface area (TPSA) is 9.03 Å². The molecular formula is C16H11N2S+. The molecule has 1 aliphatic rings. The van der Waals surface area contributed by atoms with Gasteiger partial charge in [0.1, 0.15) is 12.7 Å². The van der Waals surface area contributed by atoms with Crippen LogP contribution in [0.1, 0.15) is 5.56 Å². The first-order valence-electron chi connectivity index (χ1n) is 6.42. The lowest BCUT2D eigenvalue weighted by molar-refractivity contribution is -0.476. The summed E-state index contributed by atoms with van der Waals surface area (Å²) in [6.07, 6.45) is 2.28. The van der Waals surface area contributed by atoms with Crippen molar-refractivity contribution < 1.29 is 4.40 Å². The Morgan fingerprint density at radius 3 is 2.84 bits per heavy atom. The highest BCUT2D eigenvalue weighted by molar-refractivity contribution is 7.23. The molecular weight excluding hydrogens is 252 g/mol. The van der Waals surface area contributed by atoms with E-state index in [1.165, 1.54) is 32.0 Å². The van der Waals surface area contributed by atoms with Gasteiger partial charge in [-0.05, 0) is 23.5 Å². The van der Waals surface area contributed by atoms with Crippen molar-refractivity contribution in [1.29, 1.82) is 0 Å². The van der Waals surface area contributed by atoms with E-state index in [9.17, 15) is 0 Å². The van der Waals surface area contributed by atoms with Crippen LogP contribution in [0, 0.1) is 0 Å². The average molecular weight is 263 g/mol. The Hall–Kier alpha value is -2.13. The molecule has 19 heavy (non-hydrogen) atoms. The lowest BCUT2D eigenvalue weighted by atomic mass is 10.1. The molecule has 0 saturated carbocycles. The van der Waals surface area contributed by atoms with Crippen molar-refractivity contribution in [3.8, 4) is 11.3 Å². The standard InChI is InChI=1S/C16H11N2S/c1-2-6-12-11(5-1)9-17-14(12)10-18-13-7-3-4-8-15(13)19-16(17)18/h1-8,10H,9H2/q+1. The molecule has 0 saturated heterocycles. The van der Waals surface area contributed by atoms with Gasteiger partial charge in [0, 0.05) is 11.1 Å². The predicted octanol–water partition coefficient (Wildman–Crippen LogP) is 3.47. The maximum Gasteiger partial charge on any atom is 0.347 e. The number of hydrogen-bond acceptors (Lipinski definition) is 1. The van der Waals surface area contributed by atoms with Crippen LogP contribution in [0.3, 0.4) is 0 Å². The molecule has 0 spiro atoms. The number of para-hydroxylation sites is 1. The predicted molar refractivity (Wildman–Crippen MR) is 77.5 cm³/mol.